The third-order valence-electron chi connectivity index (χ3n) is 2.12. The van der Waals surface area contributed by atoms with Crippen molar-refractivity contribution in [3.63, 3.8) is 0 Å². The molecule has 0 atom stereocenters. The van der Waals surface area contributed by atoms with Crippen LogP contribution in [0.15, 0.2) is 47.5 Å². The molecule has 2 rings (SSSR count). The first-order valence-electron chi connectivity index (χ1n) is 4.90. The summed E-state index contributed by atoms with van der Waals surface area (Å²) in [6, 6.07) is 10.0. The van der Waals surface area contributed by atoms with Gasteiger partial charge in [-0.15, -0.1) is 0 Å². The number of aliphatic imine (C=N–C) groups is 1. The fourth-order valence-electron chi connectivity index (χ4n) is 1.34. The Morgan fingerprint density at radius 3 is 2.06 bits per heavy atom. The van der Waals surface area contributed by atoms with Crippen LogP contribution in [0, 0.1) is 17.5 Å². The van der Waals surface area contributed by atoms with Crippen LogP contribution in [0.3, 0.4) is 0 Å². The molecule has 0 saturated heterocycles. The Labute approximate surface area is 96.2 Å². The highest BCUT2D eigenvalue weighted by Crippen LogP contribution is 2.23. The highest BCUT2D eigenvalue weighted by molar-refractivity contribution is 5.81. The summed E-state index contributed by atoms with van der Waals surface area (Å²) in [5.41, 5.74) is 0.214. The van der Waals surface area contributed by atoms with E-state index in [0.29, 0.717) is 17.7 Å². The van der Waals surface area contributed by atoms with Crippen molar-refractivity contribution in [1.29, 1.82) is 0 Å². The van der Waals surface area contributed by atoms with Crippen LogP contribution < -0.4 is 0 Å². The van der Waals surface area contributed by atoms with E-state index in [1.54, 1.807) is 24.3 Å². The van der Waals surface area contributed by atoms with Gasteiger partial charge in [-0.25, -0.2) is 13.2 Å². The van der Waals surface area contributed by atoms with Crippen LogP contribution in [0.1, 0.15) is 5.56 Å². The highest BCUT2D eigenvalue weighted by atomic mass is 19.1. The molecule has 1 nitrogen and oxygen atoms in total. The zero-order valence-electron chi connectivity index (χ0n) is 8.70. The van der Waals surface area contributed by atoms with Gasteiger partial charge in [0.15, 0.2) is 11.6 Å². The minimum atomic E-state index is -1.02. The minimum absolute atomic E-state index is 0.491. The smallest absolute Gasteiger partial charge is 0.154 e. The van der Waals surface area contributed by atoms with Gasteiger partial charge in [-0.3, -0.25) is 4.99 Å². The lowest BCUT2D eigenvalue weighted by Crippen LogP contribution is -1.87. The third-order valence-corrected chi connectivity index (χ3v) is 2.12. The van der Waals surface area contributed by atoms with E-state index in [1.165, 1.54) is 6.21 Å². The van der Waals surface area contributed by atoms with Crippen LogP contribution in [-0.4, -0.2) is 6.21 Å². The Hall–Kier alpha value is -2.10. The summed E-state index contributed by atoms with van der Waals surface area (Å²) in [4.78, 5) is 3.68. The van der Waals surface area contributed by atoms with Crippen molar-refractivity contribution in [1.82, 2.24) is 0 Å². The first-order valence-corrected chi connectivity index (χ1v) is 4.90. The lowest BCUT2D eigenvalue weighted by Gasteiger charge is -1.99. The SMILES string of the molecule is Fc1cc(F)c(N=Cc2ccccc2)c(F)c1. The van der Waals surface area contributed by atoms with Gasteiger partial charge in [0.25, 0.3) is 0 Å². The topological polar surface area (TPSA) is 12.4 Å². The second kappa shape index (κ2) is 4.82. The molecule has 17 heavy (non-hydrogen) atoms. The van der Waals surface area contributed by atoms with Crippen LogP contribution in [0.5, 0.6) is 0 Å². The van der Waals surface area contributed by atoms with E-state index >= 15 is 0 Å². The highest BCUT2D eigenvalue weighted by Gasteiger charge is 2.09. The number of benzene rings is 2. The Balaban J connectivity index is 2.34. The molecule has 0 aliphatic rings. The molecule has 2 aromatic carbocycles. The van der Waals surface area contributed by atoms with E-state index in [9.17, 15) is 13.2 Å². The molecule has 0 fully saturated rings. The monoisotopic (exact) mass is 235 g/mol. The van der Waals surface area contributed by atoms with Crippen molar-refractivity contribution in [2.75, 3.05) is 0 Å². The van der Waals surface area contributed by atoms with E-state index in [-0.39, 0.29) is 0 Å². The lowest BCUT2D eigenvalue weighted by molar-refractivity contribution is 0.547. The quantitative estimate of drug-likeness (QED) is 0.701. The zero-order valence-corrected chi connectivity index (χ0v) is 8.70. The van der Waals surface area contributed by atoms with E-state index in [0.717, 1.165) is 0 Å². The van der Waals surface area contributed by atoms with E-state index in [1.807, 2.05) is 6.07 Å². The van der Waals surface area contributed by atoms with Crippen molar-refractivity contribution in [2.24, 2.45) is 4.99 Å². The van der Waals surface area contributed by atoms with Gasteiger partial charge in [-0.1, -0.05) is 30.3 Å². The molecule has 2 aromatic rings. The minimum Gasteiger partial charge on any atom is -0.250 e. The largest absolute Gasteiger partial charge is 0.250 e. The molecule has 0 saturated carbocycles. The molecule has 0 N–H and O–H groups in total. The summed E-state index contributed by atoms with van der Waals surface area (Å²) in [6.45, 7) is 0. The molecule has 0 unspecified atom stereocenters. The summed E-state index contributed by atoms with van der Waals surface area (Å²) in [6.07, 6.45) is 1.32. The molecular weight excluding hydrogens is 227 g/mol. The van der Waals surface area contributed by atoms with Crippen molar-refractivity contribution in [2.45, 2.75) is 0 Å². The Morgan fingerprint density at radius 2 is 1.47 bits per heavy atom. The van der Waals surface area contributed by atoms with Gasteiger partial charge in [0, 0.05) is 18.3 Å². The first-order chi connectivity index (χ1) is 8.16. The number of hydrogen-bond donors (Lipinski definition) is 0. The third kappa shape index (κ3) is 2.72. The number of rotatable bonds is 2. The first kappa shape index (κ1) is 11.4. The van der Waals surface area contributed by atoms with E-state index < -0.39 is 23.1 Å². The Bertz CT molecular complexity index is 527. The molecule has 0 heterocycles. The second-order valence-corrected chi connectivity index (χ2v) is 3.39. The van der Waals surface area contributed by atoms with Gasteiger partial charge in [0.2, 0.25) is 0 Å². The molecule has 0 aliphatic carbocycles. The molecule has 0 spiro atoms. The molecule has 0 amide bonds. The second-order valence-electron chi connectivity index (χ2n) is 3.39. The van der Waals surface area contributed by atoms with Gasteiger partial charge in [-0.2, -0.15) is 0 Å². The summed E-state index contributed by atoms with van der Waals surface area (Å²) < 4.78 is 39.1. The Morgan fingerprint density at radius 1 is 0.882 bits per heavy atom. The molecular formula is C13H8F3N. The predicted octanol–water partition coefficient (Wildman–Crippen LogP) is 3.85. The molecule has 0 aliphatic heterocycles. The normalized spacial score (nSPS) is 11.0. The maximum atomic E-state index is 13.2. The molecule has 86 valence electrons. The number of hydrogen-bond acceptors (Lipinski definition) is 1. The van der Waals surface area contributed by atoms with Crippen LogP contribution in [0.25, 0.3) is 0 Å². The van der Waals surface area contributed by atoms with Gasteiger partial charge in [-0.05, 0) is 5.56 Å². The summed E-state index contributed by atoms with van der Waals surface area (Å²) in [5.74, 6) is -3.00. The fourth-order valence-corrected chi connectivity index (χ4v) is 1.34. The number of nitrogens with zero attached hydrogens (tertiary/aromatic N) is 1. The van der Waals surface area contributed by atoms with Crippen LogP contribution in [-0.2, 0) is 0 Å². The molecule has 0 aromatic heterocycles. The van der Waals surface area contributed by atoms with Crippen LogP contribution in [0.4, 0.5) is 18.9 Å². The maximum Gasteiger partial charge on any atom is 0.154 e. The summed E-state index contributed by atoms with van der Waals surface area (Å²) in [7, 11) is 0. The standard InChI is InChI=1S/C13H8F3N/c14-10-6-11(15)13(12(16)7-10)17-8-9-4-2-1-3-5-9/h1-8H. The van der Waals surface area contributed by atoms with Crippen molar-refractivity contribution in [3.8, 4) is 0 Å². The van der Waals surface area contributed by atoms with Crippen LogP contribution >= 0.6 is 0 Å². The molecule has 0 radical (unpaired) electrons. The van der Waals surface area contributed by atoms with Gasteiger partial charge >= 0.3 is 0 Å². The average molecular weight is 235 g/mol. The van der Waals surface area contributed by atoms with Gasteiger partial charge in [0.1, 0.15) is 11.5 Å². The lowest BCUT2D eigenvalue weighted by atomic mass is 10.2. The summed E-state index contributed by atoms with van der Waals surface area (Å²) >= 11 is 0. The number of halogens is 3. The molecule has 4 heteroatoms. The van der Waals surface area contributed by atoms with Crippen molar-refractivity contribution >= 4 is 11.9 Å². The fraction of sp³-hybridized carbons (Fsp3) is 0. The van der Waals surface area contributed by atoms with Crippen LogP contribution in [0.2, 0.25) is 0 Å². The summed E-state index contributed by atoms with van der Waals surface area (Å²) in [5, 5.41) is 0. The van der Waals surface area contributed by atoms with Crippen molar-refractivity contribution in [3.05, 3.63) is 65.5 Å². The maximum absolute atomic E-state index is 13.2. The average Bonchev–Trinajstić information content (AvgIpc) is 2.29. The Kier molecular flexibility index (Phi) is 3.23. The van der Waals surface area contributed by atoms with E-state index in [4.69, 9.17) is 0 Å². The van der Waals surface area contributed by atoms with E-state index in [2.05, 4.69) is 4.99 Å². The predicted molar refractivity (Wildman–Crippen MR) is 60.0 cm³/mol. The molecule has 0 bridgehead atoms. The van der Waals surface area contributed by atoms with Crippen molar-refractivity contribution < 1.29 is 13.2 Å². The van der Waals surface area contributed by atoms with Gasteiger partial charge in [0.05, 0.1) is 0 Å². The van der Waals surface area contributed by atoms with Gasteiger partial charge < -0.3 is 0 Å². The zero-order chi connectivity index (χ0) is 12.3.